The molecule has 1 aromatic heterocycles. The van der Waals surface area contributed by atoms with Crippen LogP contribution in [0.4, 0.5) is 13.2 Å². The summed E-state index contributed by atoms with van der Waals surface area (Å²) >= 11 is 5.77. The minimum absolute atomic E-state index is 0.0140. The summed E-state index contributed by atoms with van der Waals surface area (Å²) in [7, 11) is 3.23. The van der Waals surface area contributed by atoms with Crippen LogP contribution < -0.4 is 4.74 Å². The molecule has 144 valence electrons. The summed E-state index contributed by atoms with van der Waals surface area (Å²) in [6, 6.07) is 1.08. The number of pyridine rings is 1. The highest BCUT2D eigenvalue weighted by Gasteiger charge is 2.43. The van der Waals surface area contributed by atoms with Gasteiger partial charge in [0.2, 0.25) is 5.91 Å². The van der Waals surface area contributed by atoms with E-state index >= 15 is 0 Å². The van der Waals surface area contributed by atoms with Gasteiger partial charge >= 0.3 is 6.18 Å². The lowest BCUT2D eigenvalue weighted by Gasteiger charge is -2.41. The van der Waals surface area contributed by atoms with Gasteiger partial charge in [-0.15, -0.1) is 0 Å². The zero-order chi connectivity index (χ0) is 19.5. The van der Waals surface area contributed by atoms with Crippen molar-refractivity contribution in [3.05, 3.63) is 23.0 Å². The topological polar surface area (TPSA) is 68.7 Å². The monoisotopic (exact) mass is 394 g/mol. The summed E-state index contributed by atoms with van der Waals surface area (Å²) in [5.41, 5.74) is -0.706. The van der Waals surface area contributed by atoms with Crippen LogP contribution >= 0.6 is 11.6 Å². The number of hydrogen-bond acceptors (Lipinski definition) is 5. The number of hydrogen-bond donors (Lipinski definition) is 0. The molecule has 2 rings (SSSR count). The van der Waals surface area contributed by atoms with Gasteiger partial charge in [0.1, 0.15) is 16.5 Å². The van der Waals surface area contributed by atoms with Gasteiger partial charge in [0, 0.05) is 38.4 Å². The number of carbonyl (C=O) groups is 2. The van der Waals surface area contributed by atoms with E-state index in [4.69, 9.17) is 16.3 Å². The quantitative estimate of drug-likeness (QED) is 0.665. The summed E-state index contributed by atoms with van der Waals surface area (Å²) in [5.74, 6) is -0.835. The smallest absolute Gasteiger partial charge is 0.422 e. The molecular weight excluding hydrogens is 377 g/mol. The minimum atomic E-state index is -4.53. The summed E-state index contributed by atoms with van der Waals surface area (Å²) in [6.07, 6.45) is -3.34. The van der Waals surface area contributed by atoms with E-state index in [-0.39, 0.29) is 48.4 Å². The Balaban J connectivity index is 2.10. The van der Waals surface area contributed by atoms with Gasteiger partial charge in [-0.1, -0.05) is 11.6 Å². The molecule has 0 spiro atoms. The number of ether oxygens (including phenoxy) is 2. The van der Waals surface area contributed by atoms with Crippen LogP contribution in [0.1, 0.15) is 23.3 Å². The number of rotatable bonds is 7. The number of alkyl halides is 3. The second-order valence-electron chi connectivity index (χ2n) is 6.46. The Bertz CT molecular complexity index is 691. The van der Waals surface area contributed by atoms with Crippen molar-refractivity contribution in [2.24, 2.45) is 5.41 Å². The molecule has 0 saturated carbocycles. The molecule has 0 N–H and O–H groups in total. The molecule has 0 unspecified atom stereocenters. The van der Waals surface area contributed by atoms with Crippen LogP contribution in [0, 0.1) is 5.41 Å². The van der Waals surface area contributed by atoms with Crippen LogP contribution in [-0.4, -0.2) is 61.7 Å². The zero-order valence-corrected chi connectivity index (χ0v) is 15.0. The average molecular weight is 395 g/mol. The van der Waals surface area contributed by atoms with Crippen LogP contribution in [0.25, 0.3) is 0 Å². The van der Waals surface area contributed by atoms with Crippen LogP contribution in [0.3, 0.4) is 0 Å². The minimum Gasteiger partial charge on any atom is -0.482 e. The summed E-state index contributed by atoms with van der Waals surface area (Å²) in [5, 5.41) is -0.129. The molecule has 0 atom stereocenters. The van der Waals surface area contributed by atoms with Crippen molar-refractivity contribution in [2.75, 3.05) is 33.9 Å². The molecule has 1 aliphatic heterocycles. The SMILES string of the molecule is CN(C)C(=O)CC1(CC(=O)c2cc(OCC(F)(F)F)c(Cl)cn2)COC1. The van der Waals surface area contributed by atoms with E-state index in [0.717, 1.165) is 12.3 Å². The highest BCUT2D eigenvalue weighted by molar-refractivity contribution is 6.32. The molecule has 1 saturated heterocycles. The fourth-order valence-corrected chi connectivity index (χ4v) is 2.57. The van der Waals surface area contributed by atoms with E-state index in [0.29, 0.717) is 0 Å². The van der Waals surface area contributed by atoms with Crippen LogP contribution in [0.2, 0.25) is 5.02 Å². The predicted molar refractivity (Wildman–Crippen MR) is 86.3 cm³/mol. The summed E-state index contributed by atoms with van der Waals surface area (Å²) < 4.78 is 46.7. The lowest BCUT2D eigenvalue weighted by Crippen LogP contribution is -2.47. The number of aromatic nitrogens is 1. The second-order valence-corrected chi connectivity index (χ2v) is 6.87. The number of nitrogens with zero attached hydrogens (tertiary/aromatic N) is 2. The molecule has 26 heavy (non-hydrogen) atoms. The van der Waals surface area contributed by atoms with Crippen molar-refractivity contribution in [3.63, 3.8) is 0 Å². The predicted octanol–water partition coefficient (Wildman–Crippen LogP) is 2.74. The number of Topliss-reactive ketones (excluding diaryl/α,β-unsaturated/α-hetero) is 1. The molecule has 10 heteroatoms. The van der Waals surface area contributed by atoms with Gasteiger partial charge in [-0.2, -0.15) is 13.2 Å². The molecule has 2 heterocycles. The average Bonchev–Trinajstić information content (AvgIpc) is 2.50. The van der Waals surface area contributed by atoms with Crippen LogP contribution in [-0.2, 0) is 9.53 Å². The lowest BCUT2D eigenvalue weighted by atomic mass is 9.77. The Hall–Kier alpha value is -1.87. The Labute approximate surface area is 153 Å². The van der Waals surface area contributed by atoms with E-state index in [1.54, 1.807) is 14.1 Å². The van der Waals surface area contributed by atoms with Gasteiger partial charge in [-0.3, -0.25) is 14.6 Å². The molecule has 0 aliphatic carbocycles. The van der Waals surface area contributed by atoms with Gasteiger partial charge in [0.25, 0.3) is 0 Å². The molecule has 0 bridgehead atoms. The van der Waals surface area contributed by atoms with Crippen molar-refractivity contribution in [1.29, 1.82) is 0 Å². The lowest BCUT2D eigenvalue weighted by molar-refractivity contribution is -0.153. The number of halogens is 4. The fourth-order valence-electron chi connectivity index (χ4n) is 2.41. The highest BCUT2D eigenvalue weighted by Crippen LogP contribution is 2.37. The maximum Gasteiger partial charge on any atom is 0.422 e. The molecule has 6 nitrogen and oxygen atoms in total. The van der Waals surface area contributed by atoms with E-state index in [2.05, 4.69) is 9.72 Å². The maximum absolute atomic E-state index is 12.5. The van der Waals surface area contributed by atoms with E-state index in [9.17, 15) is 22.8 Å². The first-order chi connectivity index (χ1) is 12.0. The Morgan fingerprint density at radius 1 is 1.35 bits per heavy atom. The Morgan fingerprint density at radius 2 is 2.00 bits per heavy atom. The standard InChI is InChI=1S/C16H18ClF3N2O4/c1-22(2)14(24)5-15(7-25-8-15)4-12(23)11-3-13(10(17)6-21-11)26-9-16(18,19)20/h3,6H,4-5,7-9H2,1-2H3. The first kappa shape index (κ1) is 20.4. The third-order valence-corrected chi connectivity index (χ3v) is 4.16. The van der Waals surface area contributed by atoms with Crippen molar-refractivity contribution in [3.8, 4) is 5.75 Å². The first-order valence-electron chi connectivity index (χ1n) is 7.68. The maximum atomic E-state index is 12.5. The molecule has 1 aliphatic rings. The summed E-state index contributed by atoms with van der Waals surface area (Å²) in [4.78, 5) is 29.7. The Kier molecular flexibility index (Phi) is 6.13. The Morgan fingerprint density at radius 3 is 2.50 bits per heavy atom. The molecule has 1 amide bonds. The van der Waals surface area contributed by atoms with E-state index in [1.165, 1.54) is 4.90 Å². The van der Waals surface area contributed by atoms with Gasteiger partial charge < -0.3 is 14.4 Å². The molecule has 0 aromatic carbocycles. The number of ketones is 1. The normalized spacial score (nSPS) is 15.9. The van der Waals surface area contributed by atoms with Crippen molar-refractivity contribution < 1.29 is 32.2 Å². The van der Waals surface area contributed by atoms with Crippen LogP contribution in [0.15, 0.2) is 12.3 Å². The van der Waals surface area contributed by atoms with Crippen molar-refractivity contribution >= 4 is 23.3 Å². The van der Waals surface area contributed by atoms with Gasteiger partial charge in [0.15, 0.2) is 12.4 Å². The molecule has 0 radical (unpaired) electrons. The van der Waals surface area contributed by atoms with Gasteiger partial charge in [-0.25, -0.2) is 0 Å². The third kappa shape index (κ3) is 5.31. The first-order valence-corrected chi connectivity index (χ1v) is 8.05. The zero-order valence-electron chi connectivity index (χ0n) is 14.2. The van der Waals surface area contributed by atoms with E-state index < -0.39 is 24.0 Å². The number of amides is 1. The van der Waals surface area contributed by atoms with Gasteiger partial charge in [-0.05, 0) is 0 Å². The van der Waals surface area contributed by atoms with Crippen LogP contribution in [0.5, 0.6) is 5.75 Å². The van der Waals surface area contributed by atoms with Crippen molar-refractivity contribution in [2.45, 2.75) is 19.0 Å². The number of carbonyl (C=O) groups excluding carboxylic acids is 2. The second kappa shape index (κ2) is 7.79. The van der Waals surface area contributed by atoms with Gasteiger partial charge in [0.05, 0.1) is 19.4 Å². The summed E-state index contributed by atoms with van der Waals surface area (Å²) in [6.45, 7) is -1.02. The molecule has 1 aromatic rings. The van der Waals surface area contributed by atoms with E-state index in [1.807, 2.05) is 0 Å². The third-order valence-electron chi connectivity index (χ3n) is 3.87. The molecule has 1 fully saturated rings. The van der Waals surface area contributed by atoms with Crippen molar-refractivity contribution in [1.82, 2.24) is 9.88 Å². The highest BCUT2D eigenvalue weighted by atomic mass is 35.5. The largest absolute Gasteiger partial charge is 0.482 e. The fraction of sp³-hybridized carbons (Fsp3) is 0.562. The molecular formula is C16H18ClF3N2O4.